The van der Waals surface area contributed by atoms with Gasteiger partial charge in [-0.3, -0.25) is 14.5 Å². The Kier molecular flexibility index (Phi) is 4.73. The molecule has 1 fully saturated rings. The second kappa shape index (κ2) is 5.84. The summed E-state index contributed by atoms with van der Waals surface area (Å²) >= 11 is 0. The van der Waals surface area contributed by atoms with Crippen molar-refractivity contribution in [3.05, 3.63) is 0 Å². The van der Waals surface area contributed by atoms with Gasteiger partial charge in [0.15, 0.2) is 6.23 Å². The van der Waals surface area contributed by atoms with Gasteiger partial charge in [0.25, 0.3) is 0 Å². The molecule has 1 saturated heterocycles. The van der Waals surface area contributed by atoms with E-state index in [1.165, 1.54) is 0 Å². The van der Waals surface area contributed by atoms with E-state index in [4.69, 9.17) is 9.84 Å². The average Bonchev–Trinajstić information content (AvgIpc) is 2.20. The lowest BCUT2D eigenvalue weighted by atomic mass is 9.98. The van der Waals surface area contributed by atoms with Crippen molar-refractivity contribution in [1.29, 1.82) is 0 Å². The number of rotatable bonds is 4. The minimum atomic E-state index is -0.970. The molecule has 0 aromatic rings. The van der Waals surface area contributed by atoms with Crippen LogP contribution in [-0.2, 0) is 14.3 Å². The van der Waals surface area contributed by atoms with Crippen molar-refractivity contribution in [2.24, 2.45) is 5.92 Å². The van der Waals surface area contributed by atoms with E-state index >= 15 is 0 Å². The largest absolute Gasteiger partial charge is 0.481 e. The molecule has 1 heterocycles. The zero-order valence-corrected chi connectivity index (χ0v) is 9.81. The number of carbonyl (C=O) groups is 2. The number of hydrogen-bond donors (Lipinski definition) is 1. The molecule has 0 spiro atoms. The zero-order chi connectivity index (χ0) is 12.1. The summed E-state index contributed by atoms with van der Waals surface area (Å²) in [6, 6.07) is 0. The molecular weight excluding hydrogens is 210 g/mol. The van der Waals surface area contributed by atoms with Crippen LogP contribution in [0.1, 0.15) is 32.6 Å². The fourth-order valence-corrected chi connectivity index (χ4v) is 1.77. The van der Waals surface area contributed by atoms with Crippen LogP contribution in [0.4, 0.5) is 0 Å². The molecule has 0 amide bonds. The van der Waals surface area contributed by atoms with Gasteiger partial charge < -0.3 is 9.84 Å². The summed E-state index contributed by atoms with van der Waals surface area (Å²) < 4.78 is 5.25. The summed E-state index contributed by atoms with van der Waals surface area (Å²) in [4.78, 5) is 23.6. The van der Waals surface area contributed by atoms with Crippen molar-refractivity contribution in [2.45, 2.75) is 38.8 Å². The standard InChI is InChI=1S/C11H19NO4/c1-8-5-6-12(2)9(7-8)16-11(15)4-3-10(13)14/h8-9H,3-7H2,1-2H3,(H,13,14). The maximum atomic E-state index is 11.4. The van der Waals surface area contributed by atoms with Crippen LogP contribution in [0.15, 0.2) is 0 Å². The number of piperidine rings is 1. The molecule has 1 rings (SSSR count). The van der Waals surface area contributed by atoms with Crippen LogP contribution in [0.2, 0.25) is 0 Å². The second-order valence-corrected chi connectivity index (χ2v) is 4.45. The van der Waals surface area contributed by atoms with Gasteiger partial charge in [-0.05, 0) is 19.4 Å². The van der Waals surface area contributed by atoms with Crippen molar-refractivity contribution in [1.82, 2.24) is 4.90 Å². The Morgan fingerprint density at radius 1 is 1.44 bits per heavy atom. The normalized spacial score (nSPS) is 26.4. The van der Waals surface area contributed by atoms with Gasteiger partial charge in [0.05, 0.1) is 12.8 Å². The highest BCUT2D eigenvalue weighted by Crippen LogP contribution is 2.22. The predicted octanol–water partition coefficient (Wildman–Crippen LogP) is 1.08. The Morgan fingerprint density at radius 2 is 2.12 bits per heavy atom. The van der Waals surface area contributed by atoms with Crippen LogP contribution >= 0.6 is 0 Å². The van der Waals surface area contributed by atoms with E-state index in [2.05, 4.69) is 6.92 Å². The summed E-state index contributed by atoms with van der Waals surface area (Å²) in [5.41, 5.74) is 0. The number of carboxylic acid groups (broad SMARTS) is 1. The summed E-state index contributed by atoms with van der Waals surface area (Å²) in [6.45, 7) is 3.04. The quantitative estimate of drug-likeness (QED) is 0.731. The fourth-order valence-electron chi connectivity index (χ4n) is 1.77. The van der Waals surface area contributed by atoms with Crippen molar-refractivity contribution in [3.63, 3.8) is 0 Å². The van der Waals surface area contributed by atoms with E-state index in [-0.39, 0.29) is 19.1 Å². The smallest absolute Gasteiger partial charge is 0.307 e. The molecule has 1 N–H and O–H groups in total. The fraction of sp³-hybridized carbons (Fsp3) is 0.818. The average molecular weight is 229 g/mol. The minimum absolute atomic E-state index is 0.0476. The summed E-state index contributed by atoms with van der Waals surface area (Å²) in [6.07, 6.45) is 1.54. The molecule has 1 aliphatic rings. The van der Waals surface area contributed by atoms with E-state index < -0.39 is 11.9 Å². The minimum Gasteiger partial charge on any atom is -0.481 e. The van der Waals surface area contributed by atoms with Crippen molar-refractivity contribution >= 4 is 11.9 Å². The Labute approximate surface area is 95.4 Å². The number of carboxylic acids is 1. The second-order valence-electron chi connectivity index (χ2n) is 4.45. The summed E-state index contributed by atoms with van der Waals surface area (Å²) in [7, 11) is 1.92. The third-order valence-corrected chi connectivity index (χ3v) is 2.88. The highest BCUT2D eigenvalue weighted by atomic mass is 16.6. The molecule has 0 bridgehead atoms. The van der Waals surface area contributed by atoms with Gasteiger partial charge >= 0.3 is 11.9 Å². The number of ether oxygens (including phenoxy) is 1. The van der Waals surface area contributed by atoms with Gasteiger partial charge in [0.1, 0.15) is 0 Å². The molecule has 92 valence electrons. The van der Waals surface area contributed by atoms with E-state index in [1.54, 1.807) is 0 Å². The SMILES string of the molecule is CC1CCN(C)C(OC(=O)CCC(=O)O)C1. The van der Waals surface area contributed by atoms with Crippen molar-refractivity contribution < 1.29 is 19.4 Å². The first kappa shape index (κ1) is 13.0. The van der Waals surface area contributed by atoms with Gasteiger partial charge in [-0.2, -0.15) is 0 Å². The van der Waals surface area contributed by atoms with Crippen LogP contribution in [0, 0.1) is 5.92 Å². The zero-order valence-electron chi connectivity index (χ0n) is 9.81. The highest BCUT2D eigenvalue weighted by molar-refractivity contribution is 5.76. The molecule has 0 aromatic carbocycles. The number of esters is 1. The van der Waals surface area contributed by atoms with Crippen LogP contribution in [0.3, 0.4) is 0 Å². The lowest BCUT2D eigenvalue weighted by Gasteiger charge is -2.34. The van der Waals surface area contributed by atoms with Crippen molar-refractivity contribution in [3.8, 4) is 0 Å². The van der Waals surface area contributed by atoms with E-state index in [1.807, 2.05) is 11.9 Å². The third-order valence-electron chi connectivity index (χ3n) is 2.88. The Balaban J connectivity index is 2.34. The Hall–Kier alpha value is -1.10. The number of aliphatic carboxylic acids is 1. The molecule has 16 heavy (non-hydrogen) atoms. The number of carbonyl (C=O) groups excluding carboxylic acids is 1. The lowest BCUT2D eigenvalue weighted by Crippen LogP contribution is -2.42. The predicted molar refractivity (Wildman–Crippen MR) is 57.8 cm³/mol. The Morgan fingerprint density at radius 3 is 2.75 bits per heavy atom. The first-order chi connectivity index (χ1) is 7.49. The lowest BCUT2D eigenvalue weighted by molar-refractivity contribution is -0.164. The molecule has 1 aliphatic heterocycles. The number of hydrogen-bond acceptors (Lipinski definition) is 4. The molecule has 0 aromatic heterocycles. The van der Waals surface area contributed by atoms with E-state index in [9.17, 15) is 9.59 Å². The molecule has 0 saturated carbocycles. The molecular formula is C11H19NO4. The summed E-state index contributed by atoms with van der Waals surface area (Å²) in [5.74, 6) is -0.843. The number of nitrogens with zero attached hydrogens (tertiary/aromatic N) is 1. The first-order valence-corrected chi connectivity index (χ1v) is 5.60. The van der Waals surface area contributed by atoms with Crippen LogP contribution in [0.5, 0.6) is 0 Å². The Bertz CT molecular complexity index is 267. The maximum absolute atomic E-state index is 11.4. The third kappa shape index (κ3) is 4.18. The van der Waals surface area contributed by atoms with Crippen LogP contribution < -0.4 is 0 Å². The van der Waals surface area contributed by atoms with E-state index in [0.29, 0.717) is 5.92 Å². The highest BCUT2D eigenvalue weighted by Gasteiger charge is 2.26. The molecule has 0 radical (unpaired) electrons. The number of likely N-dealkylation sites (tertiary alicyclic amines) is 1. The molecule has 2 atom stereocenters. The van der Waals surface area contributed by atoms with Gasteiger partial charge in [-0.1, -0.05) is 6.92 Å². The molecule has 5 nitrogen and oxygen atoms in total. The molecule has 2 unspecified atom stereocenters. The topological polar surface area (TPSA) is 66.8 Å². The van der Waals surface area contributed by atoms with Crippen LogP contribution in [-0.4, -0.2) is 41.8 Å². The first-order valence-electron chi connectivity index (χ1n) is 5.60. The summed E-state index contributed by atoms with van der Waals surface area (Å²) in [5, 5.41) is 8.44. The van der Waals surface area contributed by atoms with Crippen LogP contribution in [0.25, 0.3) is 0 Å². The molecule has 0 aliphatic carbocycles. The van der Waals surface area contributed by atoms with Crippen molar-refractivity contribution in [2.75, 3.05) is 13.6 Å². The monoisotopic (exact) mass is 229 g/mol. The van der Waals surface area contributed by atoms with Gasteiger partial charge in [-0.25, -0.2) is 0 Å². The van der Waals surface area contributed by atoms with Gasteiger partial charge in [0.2, 0.25) is 0 Å². The molecule has 5 heteroatoms. The van der Waals surface area contributed by atoms with Gasteiger partial charge in [0, 0.05) is 13.0 Å². The van der Waals surface area contributed by atoms with Gasteiger partial charge in [-0.15, -0.1) is 0 Å². The van der Waals surface area contributed by atoms with E-state index in [0.717, 1.165) is 19.4 Å². The maximum Gasteiger partial charge on any atom is 0.307 e.